The molecule has 2 aromatic rings. The molecule has 0 spiro atoms. The molecule has 5 nitrogen and oxygen atoms in total. The maximum Gasteiger partial charge on any atom is 0.213 e. The van der Waals surface area contributed by atoms with E-state index >= 15 is 0 Å². The monoisotopic (exact) mass is 341 g/mol. The van der Waals surface area contributed by atoms with Gasteiger partial charge in [0.15, 0.2) is 0 Å². The Morgan fingerprint density at radius 2 is 1.96 bits per heavy atom. The van der Waals surface area contributed by atoms with Crippen LogP contribution in [0.4, 0.5) is 0 Å². The van der Waals surface area contributed by atoms with Crippen LogP contribution in [-0.2, 0) is 6.42 Å². The first kappa shape index (κ1) is 17.7. The van der Waals surface area contributed by atoms with E-state index in [0.29, 0.717) is 23.7 Å². The Kier molecular flexibility index (Phi) is 5.53. The summed E-state index contributed by atoms with van der Waals surface area (Å²) in [6.45, 7) is 6.43. The molecule has 1 saturated heterocycles. The minimum absolute atomic E-state index is 0.300. The lowest BCUT2D eigenvalue weighted by Crippen LogP contribution is -2.25. The van der Waals surface area contributed by atoms with E-state index in [1.165, 1.54) is 12.0 Å². The third-order valence-corrected chi connectivity index (χ3v) is 4.97. The molecule has 1 aliphatic rings. The number of rotatable bonds is 6. The van der Waals surface area contributed by atoms with Crippen molar-refractivity contribution >= 4 is 0 Å². The molecule has 0 bridgehead atoms. The molecule has 134 valence electrons. The molecule has 0 N–H and O–H groups in total. The fourth-order valence-electron chi connectivity index (χ4n) is 3.61. The lowest BCUT2D eigenvalue weighted by molar-refractivity contribution is 0.246. The third-order valence-electron chi connectivity index (χ3n) is 4.97. The van der Waals surface area contributed by atoms with Crippen LogP contribution in [0.15, 0.2) is 30.3 Å². The zero-order valence-corrected chi connectivity index (χ0v) is 15.5. The molecule has 1 aliphatic heterocycles. The quantitative estimate of drug-likeness (QED) is 0.805. The molecule has 0 radical (unpaired) electrons. The third kappa shape index (κ3) is 4.28. The molecule has 0 aromatic carbocycles. The average Bonchev–Trinajstić information content (AvgIpc) is 3.09. The second kappa shape index (κ2) is 7.83. The van der Waals surface area contributed by atoms with E-state index in [2.05, 4.69) is 40.0 Å². The first-order chi connectivity index (χ1) is 12.1. The van der Waals surface area contributed by atoms with E-state index in [-0.39, 0.29) is 0 Å². The van der Waals surface area contributed by atoms with E-state index < -0.39 is 0 Å². The summed E-state index contributed by atoms with van der Waals surface area (Å²) in [7, 11) is 3.33. The molecule has 3 rings (SSSR count). The second-order valence-corrected chi connectivity index (χ2v) is 6.79. The molecule has 2 atom stereocenters. The molecule has 25 heavy (non-hydrogen) atoms. The van der Waals surface area contributed by atoms with Gasteiger partial charge in [-0.05, 0) is 56.8 Å². The van der Waals surface area contributed by atoms with Crippen molar-refractivity contribution in [3.8, 4) is 11.8 Å². The van der Waals surface area contributed by atoms with Crippen molar-refractivity contribution in [1.29, 1.82) is 0 Å². The number of hydrogen-bond donors (Lipinski definition) is 0. The van der Waals surface area contributed by atoms with Crippen LogP contribution in [0, 0.1) is 12.8 Å². The van der Waals surface area contributed by atoms with Crippen molar-refractivity contribution < 1.29 is 9.47 Å². The normalized spacial score (nSPS) is 19.0. The molecule has 1 fully saturated rings. The minimum Gasteiger partial charge on any atom is -0.481 e. The first-order valence-electron chi connectivity index (χ1n) is 8.85. The van der Waals surface area contributed by atoms with Crippen molar-refractivity contribution in [1.82, 2.24) is 14.9 Å². The van der Waals surface area contributed by atoms with Gasteiger partial charge in [-0.1, -0.05) is 6.07 Å². The lowest BCUT2D eigenvalue weighted by Gasteiger charge is -2.24. The van der Waals surface area contributed by atoms with E-state index in [1.807, 2.05) is 19.1 Å². The van der Waals surface area contributed by atoms with Crippen LogP contribution in [0.2, 0.25) is 0 Å². The van der Waals surface area contributed by atoms with Crippen molar-refractivity contribution in [3.63, 3.8) is 0 Å². The van der Waals surface area contributed by atoms with Gasteiger partial charge in [0, 0.05) is 30.4 Å². The van der Waals surface area contributed by atoms with E-state index in [1.54, 1.807) is 14.2 Å². The summed E-state index contributed by atoms with van der Waals surface area (Å²) in [4.78, 5) is 11.5. The van der Waals surface area contributed by atoms with Crippen molar-refractivity contribution in [3.05, 3.63) is 47.3 Å². The molecule has 2 unspecified atom stereocenters. The summed E-state index contributed by atoms with van der Waals surface area (Å²) in [6, 6.07) is 10.5. The highest BCUT2D eigenvalue weighted by molar-refractivity contribution is 5.25. The zero-order chi connectivity index (χ0) is 17.8. The van der Waals surface area contributed by atoms with E-state index in [4.69, 9.17) is 9.47 Å². The fraction of sp³-hybridized carbons (Fsp3) is 0.500. The first-order valence-corrected chi connectivity index (χ1v) is 8.85. The van der Waals surface area contributed by atoms with Crippen molar-refractivity contribution in [2.75, 3.05) is 27.3 Å². The van der Waals surface area contributed by atoms with Crippen LogP contribution in [0.1, 0.15) is 36.3 Å². The van der Waals surface area contributed by atoms with Crippen LogP contribution < -0.4 is 9.47 Å². The highest BCUT2D eigenvalue weighted by Crippen LogP contribution is 2.29. The molecular weight excluding hydrogens is 314 g/mol. The van der Waals surface area contributed by atoms with Gasteiger partial charge >= 0.3 is 0 Å². The highest BCUT2D eigenvalue weighted by atomic mass is 16.5. The average molecular weight is 341 g/mol. The second-order valence-electron chi connectivity index (χ2n) is 6.79. The highest BCUT2D eigenvalue weighted by Gasteiger charge is 2.27. The summed E-state index contributed by atoms with van der Waals surface area (Å²) in [6.07, 6.45) is 2.27. The number of nitrogens with zero attached hydrogens (tertiary/aromatic N) is 3. The van der Waals surface area contributed by atoms with E-state index in [9.17, 15) is 0 Å². The number of aromatic nitrogens is 2. The SMILES string of the molecule is COc1cc(CC2CCN(C(C)c3cccc(OC)n3)C2)cc(C)n1. The van der Waals surface area contributed by atoms with Gasteiger partial charge in [-0.25, -0.2) is 9.97 Å². The number of methoxy groups -OCH3 is 2. The molecule has 0 aliphatic carbocycles. The van der Waals surface area contributed by atoms with Crippen molar-refractivity contribution in [2.24, 2.45) is 5.92 Å². The van der Waals surface area contributed by atoms with Crippen LogP contribution in [0.3, 0.4) is 0 Å². The smallest absolute Gasteiger partial charge is 0.213 e. The molecule has 3 heterocycles. The minimum atomic E-state index is 0.300. The number of ether oxygens (including phenoxy) is 2. The molecule has 0 amide bonds. The number of aryl methyl sites for hydroxylation is 1. The number of hydrogen-bond acceptors (Lipinski definition) is 5. The Morgan fingerprint density at radius 1 is 1.16 bits per heavy atom. The Balaban J connectivity index is 1.64. The summed E-state index contributed by atoms with van der Waals surface area (Å²) in [5.74, 6) is 2.04. The van der Waals surface area contributed by atoms with Crippen molar-refractivity contribution in [2.45, 2.75) is 32.7 Å². The fourth-order valence-corrected chi connectivity index (χ4v) is 3.61. The predicted molar refractivity (Wildman–Crippen MR) is 98.1 cm³/mol. The maximum absolute atomic E-state index is 5.30. The molecule has 0 saturated carbocycles. The summed E-state index contributed by atoms with van der Waals surface area (Å²) >= 11 is 0. The predicted octanol–water partition coefficient (Wildman–Crippen LogP) is 3.43. The van der Waals surface area contributed by atoms with Crippen LogP contribution in [0.5, 0.6) is 11.8 Å². The van der Waals surface area contributed by atoms with Crippen LogP contribution in [-0.4, -0.2) is 42.2 Å². The van der Waals surface area contributed by atoms with Gasteiger partial charge in [-0.3, -0.25) is 4.90 Å². The summed E-state index contributed by atoms with van der Waals surface area (Å²) < 4.78 is 10.6. The van der Waals surface area contributed by atoms with Gasteiger partial charge in [0.25, 0.3) is 0 Å². The summed E-state index contributed by atoms with van der Waals surface area (Å²) in [5.41, 5.74) is 3.39. The Bertz CT molecular complexity index is 720. The largest absolute Gasteiger partial charge is 0.481 e. The van der Waals surface area contributed by atoms with Gasteiger partial charge in [-0.2, -0.15) is 0 Å². The number of likely N-dealkylation sites (tertiary alicyclic amines) is 1. The van der Waals surface area contributed by atoms with E-state index in [0.717, 1.165) is 30.9 Å². The standard InChI is InChI=1S/C20H27N3O2/c1-14-10-17(12-20(21-14)25-4)11-16-8-9-23(13-16)15(2)18-6-5-7-19(22-18)24-3/h5-7,10,12,15-16H,8-9,11,13H2,1-4H3. The maximum atomic E-state index is 5.30. The van der Waals surface area contributed by atoms with Gasteiger partial charge in [0.05, 0.1) is 19.9 Å². The zero-order valence-electron chi connectivity index (χ0n) is 15.5. The molecule has 5 heteroatoms. The number of pyridine rings is 2. The van der Waals surface area contributed by atoms with Gasteiger partial charge < -0.3 is 9.47 Å². The van der Waals surface area contributed by atoms with Gasteiger partial charge in [-0.15, -0.1) is 0 Å². The lowest BCUT2D eigenvalue weighted by atomic mass is 9.99. The van der Waals surface area contributed by atoms with Crippen LogP contribution >= 0.6 is 0 Å². The molecule has 2 aromatic heterocycles. The topological polar surface area (TPSA) is 47.5 Å². The van der Waals surface area contributed by atoms with Gasteiger partial charge in [0.1, 0.15) is 0 Å². The van der Waals surface area contributed by atoms with Gasteiger partial charge in [0.2, 0.25) is 11.8 Å². The molecular formula is C20H27N3O2. The van der Waals surface area contributed by atoms with Crippen LogP contribution in [0.25, 0.3) is 0 Å². The Morgan fingerprint density at radius 3 is 2.72 bits per heavy atom. The summed E-state index contributed by atoms with van der Waals surface area (Å²) in [5, 5.41) is 0. The Hall–Kier alpha value is -2.14. The Labute approximate surface area is 150 Å².